The molecule has 0 fully saturated rings. The van der Waals surface area contributed by atoms with Crippen molar-refractivity contribution in [3.8, 4) is 28.5 Å². The predicted molar refractivity (Wildman–Crippen MR) is 203 cm³/mol. The number of alkyl halides is 3. The van der Waals surface area contributed by atoms with E-state index in [0.717, 1.165) is 10.9 Å². The normalized spacial score (nSPS) is 12.1. The number of carbonyl (C=O) groups is 2. The van der Waals surface area contributed by atoms with Crippen LogP contribution in [0, 0.1) is 0 Å². The molecule has 0 radical (unpaired) electrons. The first-order chi connectivity index (χ1) is 25.2. The zero-order valence-corrected chi connectivity index (χ0v) is 33.6. The van der Waals surface area contributed by atoms with Crippen LogP contribution in [0.4, 0.5) is 23.7 Å². The van der Waals surface area contributed by atoms with Crippen molar-refractivity contribution in [2.75, 3.05) is 46.4 Å². The molecule has 0 saturated carbocycles. The summed E-state index contributed by atoms with van der Waals surface area (Å²) >= 11 is 0. The van der Waals surface area contributed by atoms with E-state index in [2.05, 4.69) is 24.6 Å². The standard InChI is InChI=1S/C38H50F3N5O7Si/c1-37(2,3)53-36(48)45(16-14-38(39,40)41)23-26-19-25(13-15-42-26)28-11-12-30-29(43-28)22-31(46(30)24-52-17-18-54(8,9)10)35(47)44(4)27-20-32(49-5)34(51-7)33(21-27)50-6/h11-13,15,19-22H,14,16-18,23-24H2,1-10H3. The van der Waals surface area contributed by atoms with Crippen LogP contribution in [0.2, 0.25) is 25.7 Å². The van der Waals surface area contributed by atoms with Crippen molar-refractivity contribution in [2.45, 2.75) is 77.9 Å². The molecule has 0 N–H and O–H groups in total. The van der Waals surface area contributed by atoms with Crippen molar-refractivity contribution in [3.05, 3.63) is 60.0 Å². The first-order valence-electron chi connectivity index (χ1n) is 17.4. The summed E-state index contributed by atoms with van der Waals surface area (Å²) in [6.45, 7) is 11.5. The van der Waals surface area contributed by atoms with Crippen molar-refractivity contribution in [3.63, 3.8) is 0 Å². The maximum Gasteiger partial charge on any atom is 0.410 e. The van der Waals surface area contributed by atoms with Gasteiger partial charge in [-0.3, -0.25) is 9.78 Å². The lowest BCUT2D eigenvalue weighted by Gasteiger charge is -2.27. The topological polar surface area (TPSA) is 117 Å². The Morgan fingerprint density at radius 2 is 1.59 bits per heavy atom. The number of ether oxygens (including phenoxy) is 5. The Balaban J connectivity index is 1.71. The van der Waals surface area contributed by atoms with Crippen LogP contribution in [0.3, 0.4) is 0 Å². The molecule has 16 heteroatoms. The van der Waals surface area contributed by atoms with E-state index in [0.29, 0.717) is 63.2 Å². The molecule has 0 aliphatic rings. The van der Waals surface area contributed by atoms with Gasteiger partial charge in [-0.2, -0.15) is 13.2 Å². The number of rotatable bonds is 15. The molecule has 0 unspecified atom stereocenters. The fraction of sp³-hybridized carbons (Fsp3) is 0.474. The van der Waals surface area contributed by atoms with E-state index in [1.54, 1.807) is 68.8 Å². The second-order valence-electron chi connectivity index (χ2n) is 15.0. The maximum absolute atomic E-state index is 14.2. The van der Waals surface area contributed by atoms with Gasteiger partial charge in [-0.05, 0) is 57.1 Å². The van der Waals surface area contributed by atoms with Gasteiger partial charge in [-0.25, -0.2) is 9.78 Å². The highest BCUT2D eigenvalue weighted by atomic mass is 28.3. The van der Waals surface area contributed by atoms with Gasteiger partial charge in [0.25, 0.3) is 5.91 Å². The Morgan fingerprint density at radius 1 is 0.926 bits per heavy atom. The molecule has 0 atom stereocenters. The minimum Gasteiger partial charge on any atom is -0.493 e. The van der Waals surface area contributed by atoms with Crippen LogP contribution in [0.15, 0.2) is 48.7 Å². The summed E-state index contributed by atoms with van der Waals surface area (Å²) in [5.74, 6) is 0.827. The quantitative estimate of drug-likeness (QED) is 0.0867. The van der Waals surface area contributed by atoms with E-state index in [9.17, 15) is 22.8 Å². The molecule has 0 bridgehead atoms. The largest absolute Gasteiger partial charge is 0.493 e. The van der Waals surface area contributed by atoms with E-state index in [1.807, 2.05) is 6.07 Å². The Labute approximate surface area is 315 Å². The number of pyridine rings is 2. The summed E-state index contributed by atoms with van der Waals surface area (Å²) < 4.78 is 69.2. The molecule has 294 valence electrons. The molecule has 1 aromatic carbocycles. The van der Waals surface area contributed by atoms with Gasteiger partial charge in [0.15, 0.2) is 11.5 Å². The number of hydrogen-bond acceptors (Lipinski definition) is 9. The number of methoxy groups -OCH3 is 3. The van der Waals surface area contributed by atoms with Gasteiger partial charge < -0.3 is 38.1 Å². The van der Waals surface area contributed by atoms with Gasteiger partial charge in [0.1, 0.15) is 18.0 Å². The third-order valence-corrected chi connectivity index (χ3v) is 10.0. The molecule has 12 nitrogen and oxygen atoms in total. The number of nitrogens with zero attached hydrogens (tertiary/aromatic N) is 5. The van der Waals surface area contributed by atoms with Gasteiger partial charge in [0, 0.05) is 52.2 Å². The van der Waals surface area contributed by atoms with Crippen LogP contribution >= 0.6 is 0 Å². The van der Waals surface area contributed by atoms with Gasteiger partial charge in [0.05, 0.1) is 62.4 Å². The van der Waals surface area contributed by atoms with Gasteiger partial charge in [-0.1, -0.05) is 19.6 Å². The van der Waals surface area contributed by atoms with Crippen molar-refractivity contribution < 1.29 is 46.4 Å². The lowest BCUT2D eigenvalue weighted by atomic mass is 10.1. The van der Waals surface area contributed by atoms with Crippen molar-refractivity contribution in [1.82, 2.24) is 19.4 Å². The number of anilines is 1. The SMILES string of the molecule is COc1cc(N(C)C(=O)c2cc3nc(-c4ccnc(CN(CCC(F)(F)F)C(=O)OC(C)(C)C)c4)ccc3n2COCC[Si](C)(C)C)cc(OC)c1OC. The molecule has 3 aromatic heterocycles. The molecule has 4 aromatic rings. The maximum atomic E-state index is 14.2. The number of carbonyl (C=O) groups excluding carboxylic acids is 2. The third-order valence-electron chi connectivity index (χ3n) is 8.32. The number of benzene rings is 1. The van der Waals surface area contributed by atoms with Crippen molar-refractivity contribution in [1.29, 1.82) is 0 Å². The lowest BCUT2D eigenvalue weighted by molar-refractivity contribution is -0.137. The number of amides is 2. The Morgan fingerprint density at radius 3 is 2.17 bits per heavy atom. The zero-order valence-electron chi connectivity index (χ0n) is 32.6. The van der Waals surface area contributed by atoms with Gasteiger partial charge >= 0.3 is 12.3 Å². The Kier molecular flexibility index (Phi) is 13.3. The van der Waals surface area contributed by atoms with Gasteiger partial charge in [-0.15, -0.1) is 0 Å². The molecule has 3 heterocycles. The van der Waals surface area contributed by atoms with Crippen molar-refractivity contribution >= 4 is 36.8 Å². The number of fused-ring (bicyclic) bond motifs is 1. The smallest absolute Gasteiger partial charge is 0.410 e. The minimum absolute atomic E-state index is 0.108. The van der Waals surface area contributed by atoms with E-state index in [4.69, 9.17) is 28.7 Å². The average molecular weight is 774 g/mol. The molecule has 0 spiro atoms. The second kappa shape index (κ2) is 17.1. The van der Waals surface area contributed by atoms with Gasteiger partial charge in [0.2, 0.25) is 5.75 Å². The monoisotopic (exact) mass is 773 g/mol. The molecule has 0 aliphatic heterocycles. The molecule has 0 aliphatic carbocycles. The van der Waals surface area contributed by atoms with Crippen LogP contribution in [0.25, 0.3) is 22.3 Å². The van der Waals surface area contributed by atoms with Crippen LogP contribution in [0.5, 0.6) is 17.2 Å². The average Bonchev–Trinajstić information content (AvgIpc) is 3.46. The molecule has 2 amide bonds. The minimum atomic E-state index is -4.46. The van der Waals surface area contributed by atoms with Crippen LogP contribution in [-0.4, -0.2) is 92.8 Å². The van der Waals surface area contributed by atoms with Crippen LogP contribution in [0.1, 0.15) is 43.4 Å². The second-order valence-corrected chi connectivity index (χ2v) is 20.6. The van der Waals surface area contributed by atoms with E-state index >= 15 is 0 Å². The van der Waals surface area contributed by atoms with E-state index in [-0.39, 0.29) is 19.2 Å². The molecule has 4 rings (SSSR count). The fourth-order valence-corrected chi connectivity index (χ4v) is 6.20. The first-order valence-corrected chi connectivity index (χ1v) is 21.1. The Bertz CT molecular complexity index is 1910. The number of halogens is 3. The summed E-state index contributed by atoms with van der Waals surface area (Å²) in [6, 6.07) is 13.0. The number of hydrogen-bond donors (Lipinski definition) is 0. The van der Waals surface area contributed by atoms with E-state index < -0.39 is 38.9 Å². The summed E-state index contributed by atoms with van der Waals surface area (Å²) in [5, 5.41) is 0. The summed E-state index contributed by atoms with van der Waals surface area (Å²) in [6.07, 6.45) is -5.03. The lowest BCUT2D eigenvalue weighted by Crippen LogP contribution is -2.38. The fourth-order valence-electron chi connectivity index (χ4n) is 5.44. The summed E-state index contributed by atoms with van der Waals surface area (Å²) in [7, 11) is 4.75. The number of aromatic nitrogens is 3. The zero-order chi connectivity index (χ0) is 40.0. The van der Waals surface area contributed by atoms with Crippen LogP contribution in [-0.2, 0) is 22.7 Å². The molecule has 0 saturated heterocycles. The van der Waals surface area contributed by atoms with Crippen molar-refractivity contribution in [2.24, 2.45) is 0 Å². The Hall–Kier alpha value is -4.83. The van der Waals surface area contributed by atoms with Crippen LogP contribution < -0.4 is 19.1 Å². The highest BCUT2D eigenvalue weighted by Gasteiger charge is 2.31. The molecular formula is C38H50F3N5O7Si. The first kappa shape index (κ1) is 41.9. The molecular weight excluding hydrogens is 724 g/mol. The highest BCUT2D eigenvalue weighted by Crippen LogP contribution is 2.41. The van der Waals surface area contributed by atoms with E-state index in [1.165, 1.54) is 32.4 Å². The predicted octanol–water partition coefficient (Wildman–Crippen LogP) is 8.40. The summed E-state index contributed by atoms with van der Waals surface area (Å²) in [5.41, 5.74) is 2.59. The molecule has 54 heavy (non-hydrogen) atoms. The highest BCUT2D eigenvalue weighted by molar-refractivity contribution is 6.76. The third kappa shape index (κ3) is 11.1. The summed E-state index contributed by atoms with van der Waals surface area (Å²) in [4.78, 5) is 38.8.